The third-order valence-corrected chi connectivity index (χ3v) is 2.75. The van der Waals surface area contributed by atoms with Gasteiger partial charge in [-0.3, -0.25) is 0 Å². The summed E-state index contributed by atoms with van der Waals surface area (Å²) < 4.78 is 0. The Morgan fingerprint density at radius 3 is 2.18 bits per heavy atom. The van der Waals surface area contributed by atoms with E-state index in [0.717, 1.165) is 13.1 Å². The van der Waals surface area contributed by atoms with Crippen LogP contribution in [0.1, 0.15) is 16.7 Å². The Labute approximate surface area is 109 Å². The Balaban J connectivity index is 0.00000144. The van der Waals surface area contributed by atoms with Gasteiger partial charge >= 0.3 is 0 Å². The first-order chi connectivity index (χ1) is 7.86. The highest BCUT2D eigenvalue weighted by molar-refractivity contribution is 5.85. The number of rotatable bonds is 4. The lowest BCUT2D eigenvalue weighted by molar-refractivity contribution is 0.691. The van der Waals surface area contributed by atoms with Crippen LogP contribution in [0.25, 0.3) is 0 Å². The van der Waals surface area contributed by atoms with Crippen LogP contribution in [0.5, 0.6) is 0 Å². The second kappa shape index (κ2) is 7.10. The molecule has 0 amide bonds. The molecule has 0 aliphatic heterocycles. The van der Waals surface area contributed by atoms with Gasteiger partial charge in [-0.05, 0) is 23.6 Å². The average molecular weight is 248 g/mol. The third kappa shape index (κ3) is 4.22. The molecule has 0 saturated heterocycles. The van der Waals surface area contributed by atoms with Gasteiger partial charge in [-0.1, -0.05) is 54.6 Å². The second-order valence-corrected chi connectivity index (χ2v) is 4.02. The van der Waals surface area contributed by atoms with Crippen molar-refractivity contribution in [3.8, 4) is 0 Å². The maximum atomic E-state index is 3.46. The highest BCUT2D eigenvalue weighted by Gasteiger charge is 1.96. The Morgan fingerprint density at radius 1 is 0.824 bits per heavy atom. The normalized spacial score (nSPS) is 9.71. The third-order valence-electron chi connectivity index (χ3n) is 2.75. The van der Waals surface area contributed by atoms with E-state index in [9.17, 15) is 0 Å². The molecule has 0 unspecified atom stereocenters. The van der Waals surface area contributed by atoms with E-state index in [2.05, 4.69) is 60.8 Å². The van der Waals surface area contributed by atoms with Gasteiger partial charge in [-0.2, -0.15) is 0 Å². The zero-order chi connectivity index (χ0) is 11.2. The summed E-state index contributed by atoms with van der Waals surface area (Å²) in [5.41, 5.74) is 4.05. The monoisotopic (exact) mass is 247 g/mol. The van der Waals surface area contributed by atoms with Crippen LogP contribution in [0.15, 0.2) is 54.6 Å². The van der Waals surface area contributed by atoms with Gasteiger partial charge in [0.15, 0.2) is 0 Å². The van der Waals surface area contributed by atoms with Crippen molar-refractivity contribution in [1.82, 2.24) is 5.32 Å². The number of nitrogens with one attached hydrogen (secondary N) is 1. The molecule has 2 aromatic rings. The van der Waals surface area contributed by atoms with Crippen molar-refractivity contribution in [2.75, 3.05) is 0 Å². The molecule has 0 aromatic heterocycles. The fraction of sp³-hybridized carbons (Fsp3) is 0.200. The largest absolute Gasteiger partial charge is 0.309 e. The molecule has 0 aliphatic rings. The summed E-state index contributed by atoms with van der Waals surface area (Å²) in [5.74, 6) is 0. The first kappa shape index (κ1) is 13.8. The number of hydrogen-bond acceptors (Lipinski definition) is 1. The van der Waals surface area contributed by atoms with Gasteiger partial charge in [0.25, 0.3) is 0 Å². The summed E-state index contributed by atoms with van der Waals surface area (Å²) >= 11 is 0. The minimum Gasteiger partial charge on any atom is -0.309 e. The van der Waals surface area contributed by atoms with E-state index in [1.807, 2.05) is 6.07 Å². The highest BCUT2D eigenvalue weighted by atomic mass is 35.5. The van der Waals surface area contributed by atoms with Crippen LogP contribution < -0.4 is 5.32 Å². The zero-order valence-electron chi connectivity index (χ0n) is 10.0. The summed E-state index contributed by atoms with van der Waals surface area (Å²) in [5, 5.41) is 3.46. The molecule has 2 rings (SSSR count). The van der Waals surface area contributed by atoms with Crippen molar-refractivity contribution in [1.29, 1.82) is 0 Å². The molecule has 0 spiro atoms. The molecule has 0 aliphatic carbocycles. The summed E-state index contributed by atoms with van der Waals surface area (Å²) in [6.45, 7) is 4.01. The molecule has 0 fully saturated rings. The van der Waals surface area contributed by atoms with Gasteiger partial charge in [-0.25, -0.2) is 0 Å². The van der Waals surface area contributed by atoms with Crippen LogP contribution in [-0.4, -0.2) is 0 Å². The summed E-state index contributed by atoms with van der Waals surface area (Å²) in [6, 6.07) is 19.0. The van der Waals surface area contributed by atoms with Crippen LogP contribution in [0.3, 0.4) is 0 Å². The zero-order valence-corrected chi connectivity index (χ0v) is 10.8. The van der Waals surface area contributed by atoms with Crippen LogP contribution >= 0.6 is 12.4 Å². The lowest BCUT2D eigenvalue weighted by Crippen LogP contribution is -2.13. The average Bonchev–Trinajstić information content (AvgIpc) is 2.33. The van der Waals surface area contributed by atoms with Crippen molar-refractivity contribution in [3.63, 3.8) is 0 Å². The maximum Gasteiger partial charge on any atom is 0.0211 e. The van der Waals surface area contributed by atoms with Gasteiger partial charge < -0.3 is 5.32 Å². The van der Waals surface area contributed by atoms with Crippen LogP contribution in [-0.2, 0) is 13.1 Å². The van der Waals surface area contributed by atoms with E-state index in [1.165, 1.54) is 16.7 Å². The molecule has 0 atom stereocenters. The van der Waals surface area contributed by atoms with Crippen molar-refractivity contribution in [2.24, 2.45) is 0 Å². The van der Waals surface area contributed by atoms with E-state index in [4.69, 9.17) is 0 Å². The van der Waals surface area contributed by atoms with Crippen LogP contribution in [0.2, 0.25) is 0 Å². The predicted molar refractivity (Wildman–Crippen MR) is 75.4 cm³/mol. The van der Waals surface area contributed by atoms with E-state index < -0.39 is 0 Å². The van der Waals surface area contributed by atoms with Crippen LogP contribution in [0, 0.1) is 6.92 Å². The first-order valence-electron chi connectivity index (χ1n) is 5.65. The quantitative estimate of drug-likeness (QED) is 0.869. The van der Waals surface area contributed by atoms with Gasteiger partial charge in [0.1, 0.15) is 0 Å². The lowest BCUT2D eigenvalue weighted by atomic mass is 10.1. The molecule has 0 saturated carbocycles. The molecule has 0 heterocycles. The van der Waals surface area contributed by atoms with Crippen molar-refractivity contribution < 1.29 is 0 Å². The fourth-order valence-electron chi connectivity index (χ4n) is 1.75. The predicted octanol–water partition coefficient (Wildman–Crippen LogP) is 3.71. The standard InChI is InChI=1S/C15H17N.ClH/c1-13-7-5-6-10-15(13)12-16-11-14-8-3-2-4-9-14;/h2-10,16H,11-12H2,1H3;1H. The Morgan fingerprint density at radius 2 is 1.47 bits per heavy atom. The molecule has 2 aromatic carbocycles. The molecule has 0 bridgehead atoms. The molecule has 2 heteroatoms. The van der Waals surface area contributed by atoms with Crippen LogP contribution in [0.4, 0.5) is 0 Å². The second-order valence-electron chi connectivity index (χ2n) is 4.02. The number of benzene rings is 2. The number of aryl methyl sites for hydroxylation is 1. The minimum absolute atomic E-state index is 0. The molecular weight excluding hydrogens is 230 g/mol. The lowest BCUT2D eigenvalue weighted by Gasteiger charge is -2.07. The van der Waals surface area contributed by atoms with E-state index in [0.29, 0.717) is 0 Å². The van der Waals surface area contributed by atoms with Gasteiger partial charge in [-0.15, -0.1) is 12.4 Å². The number of halogens is 1. The molecule has 1 N–H and O–H groups in total. The molecular formula is C15H18ClN. The van der Waals surface area contributed by atoms with Crippen molar-refractivity contribution in [3.05, 3.63) is 71.3 Å². The topological polar surface area (TPSA) is 12.0 Å². The maximum absolute atomic E-state index is 3.46. The molecule has 1 nitrogen and oxygen atoms in total. The van der Waals surface area contributed by atoms with Crippen molar-refractivity contribution >= 4 is 12.4 Å². The number of hydrogen-bond donors (Lipinski definition) is 1. The minimum atomic E-state index is 0. The first-order valence-corrected chi connectivity index (χ1v) is 5.65. The molecule has 17 heavy (non-hydrogen) atoms. The smallest absolute Gasteiger partial charge is 0.0211 e. The Kier molecular flexibility index (Phi) is 5.75. The fourth-order valence-corrected chi connectivity index (χ4v) is 1.75. The van der Waals surface area contributed by atoms with E-state index in [-0.39, 0.29) is 12.4 Å². The van der Waals surface area contributed by atoms with Gasteiger partial charge in [0, 0.05) is 13.1 Å². The van der Waals surface area contributed by atoms with Gasteiger partial charge in [0.2, 0.25) is 0 Å². The highest BCUT2D eigenvalue weighted by Crippen LogP contribution is 2.06. The summed E-state index contributed by atoms with van der Waals surface area (Å²) in [7, 11) is 0. The SMILES string of the molecule is Cc1ccccc1CNCc1ccccc1.Cl. The Bertz CT molecular complexity index is 440. The van der Waals surface area contributed by atoms with Gasteiger partial charge in [0.05, 0.1) is 0 Å². The van der Waals surface area contributed by atoms with E-state index in [1.54, 1.807) is 0 Å². The summed E-state index contributed by atoms with van der Waals surface area (Å²) in [4.78, 5) is 0. The Hall–Kier alpha value is -1.31. The molecule has 90 valence electrons. The molecule has 0 radical (unpaired) electrons. The van der Waals surface area contributed by atoms with Crippen molar-refractivity contribution in [2.45, 2.75) is 20.0 Å². The summed E-state index contributed by atoms with van der Waals surface area (Å²) in [6.07, 6.45) is 0. The van der Waals surface area contributed by atoms with E-state index >= 15 is 0 Å².